The fraction of sp³-hybridized carbons (Fsp3) is 0.533. The van der Waals surface area contributed by atoms with Gasteiger partial charge in [-0.05, 0) is 49.8 Å². The van der Waals surface area contributed by atoms with Gasteiger partial charge in [-0.2, -0.15) is 0 Å². The van der Waals surface area contributed by atoms with E-state index in [9.17, 15) is 4.79 Å². The number of aromatic carboxylic acids is 1. The second-order valence-electron chi connectivity index (χ2n) is 5.06. The van der Waals surface area contributed by atoms with Gasteiger partial charge in [-0.3, -0.25) is 0 Å². The monoisotopic (exact) mass is 282 g/mol. The van der Waals surface area contributed by atoms with Gasteiger partial charge in [0.2, 0.25) is 0 Å². The van der Waals surface area contributed by atoms with Crippen LogP contribution in [0.5, 0.6) is 5.75 Å². The van der Waals surface area contributed by atoms with Gasteiger partial charge >= 0.3 is 5.97 Å². The first-order valence-electron chi connectivity index (χ1n) is 6.81. The maximum absolute atomic E-state index is 10.9. The summed E-state index contributed by atoms with van der Waals surface area (Å²) in [5.41, 5.74) is 0.115. The molecule has 2 rings (SSSR count). The van der Waals surface area contributed by atoms with E-state index in [4.69, 9.17) is 21.4 Å². The number of rotatable bonds is 4. The second-order valence-corrected chi connectivity index (χ2v) is 5.46. The first kappa shape index (κ1) is 14.2. The molecule has 0 radical (unpaired) electrons. The zero-order valence-corrected chi connectivity index (χ0v) is 11.8. The Labute approximate surface area is 118 Å². The standard InChI is InChI=1S/C15H19ClO3/c1-2-10-5-3-4-6-14(10)19-11-7-8-12(15(17)18)13(16)9-11/h7-10,14H,2-6H2,1H3,(H,17,18). The molecular formula is C15H19ClO3. The second kappa shape index (κ2) is 6.29. The number of carboxylic acid groups (broad SMARTS) is 1. The van der Waals surface area contributed by atoms with E-state index in [1.165, 1.54) is 25.3 Å². The van der Waals surface area contributed by atoms with Crippen molar-refractivity contribution in [2.45, 2.75) is 45.1 Å². The van der Waals surface area contributed by atoms with Gasteiger partial charge in [0, 0.05) is 0 Å². The van der Waals surface area contributed by atoms with Crippen molar-refractivity contribution in [1.82, 2.24) is 0 Å². The van der Waals surface area contributed by atoms with E-state index in [1.807, 2.05) is 0 Å². The van der Waals surface area contributed by atoms with Crippen molar-refractivity contribution in [2.75, 3.05) is 0 Å². The summed E-state index contributed by atoms with van der Waals surface area (Å²) in [7, 11) is 0. The van der Waals surface area contributed by atoms with E-state index in [0.29, 0.717) is 11.7 Å². The van der Waals surface area contributed by atoms with Crippen LogP contribution >= 0.6 is 11.6 Å². The molecule has 104 valence electrons. The molecule has 4 heteroatoms. The predicted molar refractivity (Wildman–Crippen MR) is 75.1 cm³/mol. The SMILES string of the molecule is CCC1CCCCC1Oc1ccc(C(=O)O)c(Cl)c1. The van der Waals surface area contributed by atoms with Crippen LogP contribution in [0.2, 0.25) is 5.02 Å². The third-order valence-corrected chi connectivity index (χ3v) is 4.13. The highest BCUT2D eigenvalue weighted by atomic mass is 35.5. The van der Waals surface area contributed by atoms with Crippen LogP contribution in [0.4, 0.5) is 0 Å². The Morgan fingerprint density at radius 2 is 2.16 bits per heavy atom. The van der Waals surface area contributed by atoms with Crippen molar-refractivity contribution in [3.63, 3.8) is 0 Å². The first-order chi connectivity index (χ1) is 9.11. The molecule has 19 heavy (non-hydrogen) atoms. The summed E-state index contributed by atoms with van der Waals surface area (Å²) in [5.74, 6) is 0.243. The molecule has 0 amide bonds. The molecule has 1 aromatic rings. The lowest BCUT2D eigenvalue weighted by atomic mass is 9.85. The number of carboxylic acids is 1. The number of ether oxygens (including phenoxy) is 1. The van der Waals surface area contributed by atoms with E-state index in [1.54, 1.807) is 12.1 Å². The van der Waals surface area contributed by atoms with E-state index in [2.05, 4.69) is 6.92 Å². The van der Waals surface area contributed by atoms with Crippen molar-refractivity contribution >= 4 is 17.6 Å². The molecule has 0 aliphatic heterocycles. The molecule has 3 nitrogen and oxygen atoms in total. The number of benzene rings is 1. The minimum absolute atomic E-state index is 0.115. The molecule has 1 aliphatic carbocycles. The Hall–Kier alpha value is -1.22. The van der Waals surface area contributed by atoms with E-state index in [-0.39, 0.29) is 16.7 Å². The number of halogens is 1. The van der Waals surface area contributed by atoms with Crippen LogP contribution in [0.25, 0.3) is 0 Å². The van der Waals surface area contributed by atoms with Gasteiger partial charge < -0.3 is 9.84 Å². The normalized spacial score (nSPS) is 23.1. The lowest BCUT2D eigenvalue weighted by molar-refractivity contribution is 0.0696. The summed E-state index contributed by atoms with van der Waals surface area (Å²) in [6.07, 6.45) is 6.09. The topological polar surface area (TPSA) is 46.5 Å². The largest absolute Gasteiger partial charge is 0.490 e. The molecule has 1 N–H and O–H groups in total. The minimum Gasteiger partial charge on any atom is -0.490 e. The Morgan fingerprint density at radius 1 is 1.42 bits per heavy atom. The van der Waals surface area contributed by atoms with Gasteiger partial charge in [-0.1, -0.05) is 24.9 Å². The number of carbonyl (C=O) groups is 1. The Morgan fingerprint density at radius 3 is 2.79 bits per heavy atom. The van der Waals surface area contributed by atoms with Crippen LogP contribution in [0, 0.1) is 5.92 Å². The molecule has 0 aromatic heterocycles. The van der Waals surface area contributed by atoms with Crippen LogP contribution in [-0.4, -0.2) is 17.2 Å². The number of hydrogen-bond donors (Lipinski definition) is 1. The van der Waals surface area contributed by atoms with Crippen LogP contribution in [-0.2, 0) is 0 Å². The van der Waals surface area contributed by atoms with Crippen LogP contribution < -0.4 is 4.74 Å². The molecule has 0 bridgehead atoms. The molecule has 1 saturated carbocycles. The third-order valence-electron chi connectivity index (χ3n) is 3.82. The average molecular weight is 283 g/mol. The highest BCUT2D eigenvalue weighted by Crippen LogP contribution is 2.31. The van der Waals surface area contributed by atoms with Gasteiger partial charge in [-0.25, -0.2) is 4.79 Å². The molecule has 2 unspecified atom stereocenters. The van der Waals surface area contributed by atoms with Crippen molar-refractivity contribution in [3.05, 3.63) is 28.8 Å². The fourth-order valence-electron chi connectivity index (χ4n) is 2.71. The lowest BCUT2D eigenvalue weighted by Gasteiger charge is -2.31. The molecular weight excluding hydrogens is 264 g/mol. The van der Waals surface area contributed by atoms with Gasteiger partial charge in [0.1, 0.15) is 11.9 Å². The predicted octanol–water partition coefficient (Wildman–Crippen LogP) is 4.39. The highest BCUT2D eigenvalue weighted by Gasteiger charge is 2.25. The average Bonchev–Trinajstić information content (AvgIpc) is 2.39. The Balaban J connectivity index is 2.10. The van der Waals surface area contributed by atoms with Gasteiger partial charge in [0.25, 0.3) is 0 Å². The summed E-state index contributed by atoms with van der Waals surface area (Å²) in [6.45, 7) is 2.19. The van der Waals surface area contributed by atoms with Crippen LogP contribution in [0.1, 0.15) is 49.4 Å². The van der Waals surface area contributed by atoms with Crippen molar-refractivity contribution < 1.29 is 14.6 Å². The van der Waals surface area contributed by atoms with E-state index < -0.39 is 5.97 Å². The third kappa shape index (κ3) is 3.41. The van der Waals surface area contributed by atoms with Crippen molar-refractivity contribution in [3.8, 4) is 5.75 Å². The quantitative estimate of drug-likeness (QED) is 0.891. The first-order valence-corrected chi connectivity index (χ1v) is 7.19. The minimum atomic E-state index is -1.01. The van der Waals surface area contributed by atoms with Gasteiger partial charge in [0.05, 0.1) is 10.6 Å². The summed E-state index contributed by atoms with van der Waals surface area (Å²) in [6, 6.07) is 4.80. The number of hydrogen-bond acceptors (Lipinski definition) is 2. The lowest BCUT2D eigenvalue weighted by Crippen LogP contribution is -2.29. The highest BCUT2D eigenvalue weighted by molar-refractivity contribution is 6.33. The van der Waals surface area contributed by atoms with Crippen molar-refractivity contribution in [2.24, 2.45) is 5.92 Å². The molecule has 1 fully saturated rings. The molecule has 1 aromatic carbocycles. The summed E-state index contributed by atoms with van der Waals surface area (Å²) < 4.78 is 6.00. The molecule has 0 saturated heterocycles. The van der Waals surface area contributed by atoms with Crippen LogP contribution in [0.15, 0.2) is 18.2 Å². The summed E-state index contributed by atoms with van der Waals surface area (Å²) >= 11 is 5.95. The smallest absolute Gasteiger partial charge is 0.337 e. The van der Waals surface area contributed by atoms with Crippen LogP contribution in [0.3, 0.4) is 0 Å². The molecule has 0 spiro atoms. The van der Waals surface area contributed by atoms with Gasteiger partial charge in [0.15, 0.2) is 0 Å². The summed E-state index contributed by atoms with van der Waals surface area (Å²) in [5, 5.41) is 9.16. The fourth-order valence-corrected chi connectivity index (χ4v) is 2.96. The van der Waals surface area contributed by atoms with Crippen molar-refractivity contribution in [1.29, 1.82) is 0 Å². The summed E-state index contributed by atoms with van der Waals surface area (Å²) in [4.78, 5) is 10.9. The Kier molecular flexibility index (Phi) is 4.70. The van der Waals surface area contributed by atoms with E-state index >= 15 is 0 Å². The van der Waals surface area contributed by atoms with Gasteiger partial charge in [-0.15, -0.1) is 0 Å². The molecule has 2 atom stereocenters. The van der Waals surface area contributed by atoms with E-state index in [0.717, 1.165) is 12.8 Å². The maximum Gasteiger partial charge on any atom is 0.337 e. The maximum atomic E-state index is 10.9. The molecule has 0 heterocycles. The zero-order chi connectivity index (χ0) is 13.8. The molecule has 1 aliphatic rings. The zero-order valence-electron chi connectivity index (χ0n) is 11.1. The Bertz CT molecular complexity index is 459.